The van der Waals surface area contributed by atoms with E-state index in [1.165, 1.54) is 11.3 Å². The standard InChI is InChI=1S/C19H21N3O2S.C2HF3O2/c1-13-5-9-25-16(13)17(23)21-11-14(2)19(12-21)6-8-22(18(19)24)15-4-3-7-20-10-15;3-2(4,5)1(6)7/h3-5,7,9-10,14H,6,8,11-12H2,1-2H3;(H,6,7)/t14-,19-;/m1./s1. The summed E-state index contributed by atoms with van der Waals surface area (Å²) >= 11 is 1.48. The minimum atomic E-state index is -5.08. The van der Waals surface area contributed by atoms with Crippen LogP contribution in [0.3, 0.4) is 0 Å². The van der Waals surface area contributed by atoms with Crippen LogP contribution in [0.5, 0.6) is 0 Å². The molecule has 2 aliphatic rings. The fraction of sp³-hybridized carbons (Fsp3) is 0.429. The summed E-state index contributed by atoms with van der Waals surface area (Å²) in [5.74, 6) is -2.41. The number of hydrogen-bond donors (Lipinski definition) is 1. The molecule has 0 bridgehead atoms. The van der Waals surface area contributed by atoms with Gasteiger partial charge >= 0.3 is 12.1 Å². The van der Waals surface area contributed by atoms with Crippen LogP contribution in [-0.2, 0) is 9.59 Å². The topological polar surface area (TPSA) is 90.8 Å². The van der Waals surface area contributed by atoms with Gasteiger partial charge in [-0.1, -0.05) is 6.92 Å². The second kappa shape index (κ2) is 8.89. The molecule has 4 rings (SSSR count). The number of carboxylic acid groups (broad SMARTS) is 1. The number of carbonyl (C=O) groups excluding carboxylic acids is 2. The third kappa shape index (κ3) is 4.47. The molecule has 1 N–H and O–H groups in total. The number of amides is 2. The molecule has 2 aromatic rings. The van der Waals surface area contributed by atoms with Gasteiger partial charge in [0.15, 0.2) is 0 Å². The number of halogens is 3. The van der Waals surface area contributed by atoms with Gasteiger partial charge in [-0.05, 0) is 48.4 Å². The molecule has 2 aromatic heterocycles. The molecule has 4 heterocycles. The first-order valence-electron chi connectivity index (χ1n) is 9.83. The van der Waals surface area contributed by atoms with E-state index in [-0.39, 0.29) is 17.7 Å². The molecule has 0 radical (unpaired) electrons. The molecule has 0 unspecified atom stereocenters. The van der Waals surface area contributed by atoms with Crippen molar-refractivity contribution >= 4 is 34.8 Å². The Morgan fingerprint density at radius 1 is 1.31 bits per heavy atom. The summed E-state index contributed by atoms with van der Waals surface area (Å²) in [5, 5.41) is 9.07. The Morgan fingerprint density at radius 2 is 2.00 bits per heavy atom. The summed E-state index contributed by atoms with van der Waals surface area (Å²) in [4.78, 5) is 43.6. The first kappa shape index (κ1) is 23.7. The molecular weight excluding hydrogens is 447 g/mol. The molecular formula is C21H22F3N3O4S. The van der Waals surface area contributed by atoms with Crippen molar-refractivity contribution in [3.8, 4) is 0 Å². The second-order valence-electron chi connectivity index (χ2n) is 7.90. The van der Waals surface area contributed by atoms with Crippen molar-refractivity contribution in [1.29, 1.82) is 0 Å². The molecule has 7 nitrogen and oxygen atoms in total. The fourth-order valence-electron chi connectivity index (χ4n) is 4.11. The molecule has 2 aliphatic heterocycles. The van der Waals surface area contributed by atoms with Gasteiger partial charge in [0.25, 0.3) is 5.91 Å². The van der Waals surface area contributed by atoms with E-state index >= 15 is 0 Å². The van der Waals surface area contributed by atoms with Gasteiger partial charge < -0.3 is 14.9 Å². The van der Waals surface area contributed by atoms with Crippen molar-refractivity contribution in [2.75, 3.05) is 24.5 Å². The van der Waals surface area contributed by atoms with Crippen molar-refractivity contribution in [1.82, 2.24) is 9.88 Å². The van der Waals surface area contributed by atoms with E-state index in [0.717, 1.165) is 22.5 Å². The zero-order chi connectivity index (χ0) is 23.7. The van der Waals surface area contributed by atoms with Gasteiger partial charge in [-0.25, -0.2) is 4.79 Å². The predicted molar refractivity (Wildman–Crippen MR) is 111 cm³/mol. The van der Waals surface area contributed by atoms with E-state index in [4.69, 9.17) is 9.90 Å². The molecule has 0 saturated carbocycles. The molecule has 1 spiro atoms. The zero-order valence-electron chi connectivity index (χ0n) is 17.4. The summed E-state index contributed by atoms with van der Waals surface area (Å²) in [6.07, 6.45) is -0.856. The van der Waals surface area contributed by atoms with Crippen LogP contribution in [0.2, 0.25) is 0 Å². The van der Waals surface area contributed by atoms with Crippen LogP contribution < -0.4 is 4.90 Å². The smallest absolute Gasteiger partial charge is 0.475 e. The number of thiophene rings is 1. The van der Waals surface area contributed by atoms with Crippen LogP contribution in [0.1, 0.15) is 28.6 Å². The number of hydrogen-bond acceptors (Lipinski definition) is 5. The van der Waals surface area contributed by atoms with Crippen molar-refractivity contribution in [2.24, 2.45) is 11.3 Å². The summed E-state index contributed by atoms with van der Waals surface area (Å²) in [6.45, 7) is 5.90. The number of alkyl halides is 3. The third-order valence-corrected chi connectivity index (χ3v) is 6.91. The molecule has 2 amide bonds. The largest absolute Gasteiger partial charge is 0.490 e. The Labute approximate surface area is 186 Å². The van der Waals surface area contributed by atoms with E-state index in [1.54, 1.807) is 12.4 Å². The maximum Gasteiger partial charge on any atom is 0.490 e. The zero-order valence-corrected chi connectivity index (χ0v) is 18.2. The van der Waals surface area contributed by atoms with E-state index in [9.17, 15) is 22.8 Å². The van der Waals surface area contributed by atoms with Crippen LogP contribution in [0.15, 0.2) is 36.0 Å². The van der Waals surface area contributed by atoms with Crippen molar-refractivity contribution in [3.63, 3.8) is 0 Å². The molecule has 172 valence electrons. The number of aliphatic carboxylic acids is 1. The number of aryl methyl sites for hydroxylation is 1. The number of carboxylic acids is 1. The van der Waals surface area contributed by atoms with Crippen LogP contribution in [-0.4, -0.2) is 58.6 Å². The number of nitrogens with zero attached hydrogens (tertiary/aromatic N) is 3. The van der Waals surface area contributed by atoms with Gasteiger partial charge in [0.1, 0.15) is 0 Å². The predicted octanol–water partition coefficient (Wildman–Crippen LogP) is 3.60. The van der Waals surface area contributed by atoms with E-state index in [2.05, 4.69) is 11.9 Å². The Bertz CT molecular complexity index is 1010. The quantitative estimate of drug-likeness (QED) is 0.726. The van der Waals surface area contributed by atoms with Crippen LogP contribution in [0, 0.1) is 18.3 Å². The highest BCUT2D eigenvalue weighted by Crippen LogP contribution is 2.46. The van der Waals surface area contributed by atoms with Gasteiger partial charge in [-0.2, -0.15) is 13.2 Å². The Balaban J connectivity index is 0.000000360. The van der Waals surface area contributed by atoms with Gasteiger partial charge in [-0.15, -0.1) is 11.3 Å². The van der Waals surface area contributed by atoms with E-state index < -0.39 is 17.6 Å². The van der Waals surface area contributed by atoms with E-state index in [1.807, 2.05) is 40.3 Å². The lowest BCUT2D eigenvalue weighted by Gasteiger charge is -2.26. The highest BCUT2D eigenvalue weighted by atomic mass is 32.1. The Kier molecular flexibility index (Phi) is 6.59. The minimum absolute atomic E-state index is 0.0591. The first-order chi connectivity index (χ1) is 15.0. The SMILES string of the molecule is Cc1ccsc1C(=O)N1C[C@@H](C)[C@@]2(CCN(c3cccnc3)C2=O)C1.O=C(O)C(F)(F)F. The molecule has 2 saturated heterocycles. The maximum atomic E-state index is 13.2. The summed E-state index contributed by atoms with van der Waals surface area (Å²) in [7, 11) is 0. The van der Waals surface area contributed by atoms with Crippen molar-refractivity contribution in [2.45, 2.75) is 26.4 Å². The van der Waals surface area contributed by atoms with Gasteiger partial charge in [0.05, 0.1) is 22.2 Å². The van der Waals surface area contributed by atoms with Crippen LogP contribution in [0.4, 0.5) is 18.9 Å². The summed E-state index contributed by atoms with van der Waals surface area (Å²) in [5.41, 5.74) is 1.39. The van der Waals surface area contributed by atoms with Gasteiger partial charge in [0, 0.05) is 25.8 Å². The molecule has 11 heteroatoms. The minimum Gasteiger partial charge on any atom is -0.475 e. The lowest BCUT2D eigenvalue weighted by Crippen LogP contribution is -2.40. The second-order valence-corrected chi connectivity index (χ2v) is 8.81. The van der Waals surface area contributed by atoms with Gasteiger partial charge in [0.2, 0.25) is 5.91 Å². The lowest BCUT2D eigenvalue weighted by atomic mass is 9.78. The monoisotopic (exact) mass is 469 g/mol. The van der Waals surface area contributed by atoms with Crippen LogP contribution in [0.25, 0.3) is 0 Å². The number of likely N-dealkylation sites (tertiary alicyclic amines) is 1. The number of carbonyl (C=O) groups is 3. The average molecular weight is 469 g/mol. The van der Waals surface area contributed by atoms with Crippen molar-refractivity contribution in [3.05, 3.63) is 46.4 Å². The Morgan fingerprint density at radius 3 is 2.53 bits per heavy atom. The summed E-state index contributed by atoms with van der Waals surface area (Å²) in [6, 6.07) is 5.74. The average Bonchev–Trinajstić information content (AvgIpc) is 3.41. The highest BCUT2D eigenvalue weighted by molar-refractivity contribution is 7.12. The maximum absolute atomic E-state index is 13.2. The van der Waals surface area contributed by atoms with Gasteiger partial charge in [-0.3, -0.25) is 14.6 Å². The highest BCUT2D eigenvalue weighted by Gasteiger charge is 2.56. The van der Waals surface area contributed by atoms with Crippen molar-refractivity contribution < 1.29 is 32.7 Å². The summed E-state index contributed by atoms with van der Waals surface area (Å²) < 4.78 is 31.7. The number of pyridine rings is 1. The third-order valence-electron chi connectivity index (χ3n) is 5.91. The lowest BCUT2D eigenvalue weighted by molar-refractivity contribution is -0.192. The molecule has 2 atom stereocenters. The number of rotatable bonds is 2. The molecule has 32 heavy (non-hydrogen) atoms. The van der Waals surface area contributed by atoms with Crippen LogP contribution >= 0.6 is 11.3 Å². The molecule has 0 aliphatic carbocycles. The Hall–Kier alpha value is -2.95. The molecule has 0 aromatic carbocycles. The normalized spacial score (nSPS) is 22.8. The number of anilines is 1. The fourth-order valence-corrected chi connectivity index (χ4v) is 5.00. The molecule has 2 fully saturated rings. The first-order valence-corrected chi connectivity index (χ1v) is 10.7. The van der Waals surface area contributed by atoms with E-state index in [0.29, 0.717) is 19.6 Å². The number of aromatic nitrogens is 1.